The van der Waals surface area contributed by atoms with E-state index in [1.165, 1.54) is 5.01 Å². The average molecular weight is 342 g/mol. The molecule has 3 aromatic rings. The van der Waals surface area contributed by atoms with Crippen LogP contribution in [0.5, 0.6) is 0 Å². The van der Waals surface area contributed by atoms with Crippen molar-refractivity contribution in [2.24, 2.45) is 12.1 Å². The third-order valence-corrected chi connectivity index (χ3v) is 4.35. The molecule has 0 saturated heterocycles. The monoisotopic (exact) mass is 342 g/mol. The summed E-state index contributed by atoms with van der Waals surface area (Å²) in [4.78, 5) is 13.1. The molecule has 0 aliphatic carbocycles. The molecule has 0 unspecified atom stereocenters. The molecule has 5 heteroatoms. The number of hydrazone groups is 1. The van der Waals surface area contributed by atoms with Gasteiger partial charge in [-0.2, -0.15) is 15.2 Å². The van der Waals surface area contributed by atoms with Gasteiger partial charge in [-0.3, -0.25) is 9.48 Å². The molecule has 1 amide bonds. The van der Waals surface area contributed by atoms with Crippen LogP contribution in [0, 0.1) is 6.92 Å². The Bertz CT molecular complexity index is 997. The number of nitrogens with zero attached hydrogens (tertiary/aromatic N) is 4. The van der Waals surface area contributed by atoms with E-state index in [2.05, 4.69) is 10.2 Å². The molecule has 0 radical (unpaired) electrons. The van der Waals surface area contributed by atoms with E-state index in [4.69, 9.17) is 0 Å². The van der Waals surface area contributed by atoms with E-state index >= 15 is 0 Å². The molecule has 0 spiro atoms. The zero-order valence-corrected chi connectivity index (χ0v) is 14.6. The summed E-state index contributed by atoms with van der Waals surface area (Å²) in [6, 6.07) is 21.1. The van der Waals surface area contributed by atoms with Crippen LogP contribution in [0.25, 0.3) is 6.08 Å². The Morgan fingerprint density at radius 2 is 1.62 bits per heavy atom. The normalized spacial score (nSPS) is 15.6. The first kappa shape index (κ1) is 16.0. The summed E-state index contributed by atoms with van der Waals surface area (Å²) in [6.45, 7) is 1.98. The van der Waals surface area contributed by atoms with Crippen LogP contribution in [0.15, 0.2) is 77.4 Å². The Balaban J connectivity index is 1.83. The van der Waals surface area contributed by atoms with E-state index in [-0.39, 0.29) is 5.91 Å². The van der Waals surface area contributed by atoms with E-state index in [0.717, 1.165) is 22.6 Å². The fourth-order valence-corrected chi connectivity index (χ4v) is 2.90. The molecule has 0 fully saturated rings. The highest BCUT2D eigenvalue weighted by Crippen LogP contribution is 2.27. The van der Waals surface area contributed by atoms with Gasteiger partial charge in [0, 0.05) is 18.3 Å². The van der Waals surface area contributed by atoms with Crippen molar-refractivity contribution < 1.29 is 4.79 Å². The number of hydrogen-bond acceptors (Lipinski definition) is 3. The number of amides is 1. The Labute approximate surface area is 151 Å². The highest BCUT2D eigenvalue weighted by atomic mass is 16.2. The predicted octanol–water partition coefficient (Wildman–Crippen LogP) is 3.56. The lowest BCUT2D eigenvalue weighted by atomic mass is 10.0. The summed E-state index contributed by atoms with van der Waals surface area (Å²) in [7, 11) is 1.89. The molecule has 0 N–H and O–H groups in total. The van der Waals surface area contributed by atoms with Gasteiger partial charge in [0.1, 0.15) is 5.71 Å². The Morgan fingerprint density at radius 1 is 0.962 bits per heavy atom. The second-order valence-corrected chi connectivity index (χ2v) is 6.16. The smallest absolute Gasteiger partial charge is 0.272 e. The predicted molar refractivity (Wildman–Crippen MR) is 103 cm³/mol. The first-order chi connectivity index (χ1) is 12.6. The Kier molecular flexibility index (Phi) is 3.97. The molecule has 1 aromatic heterocycles. The molecule has 0 saturated carbocycles. The highest BCUT2D eigenvalue weighted by Gasteiger charge is 2.32. The first-order valence-corrected chi connectivity index (χ1v) is 8.40. The third-order valence-electron chi connectivity index (χ3n) is 4.35. The lowest BCUT2D eigenvalue weighted by Crippen LogP contribution is -2.21. The second-order valence-electron chi connectivity index (χ2n) is 6.16. The summed E-state index contributed by atoms with van der Waals surface area (Å²) in [6.07, 6.45) is 1.81. The van der Waals surface area contributed by atoms with Crippen molar-refractivity contribution in [3.63, 3.8) is 0 Å². The summed E-state index contributed by atoms with van der Waals surface area (Å²) in [5.74, 6) is -0.154. The van der Waals surface area contributed by atoms with E-state index in [1.54, 1.807) is 4.68 Å². The van der Waals surface area contributed by atoms with Gasteiger partial charge in [0.25, 0.3) is 5.91 Å². The molecule has 2 heterocycles. The summed E-state index contributed by atoms with van der Waals surface area (Å²) in [5, 5.41) is 10.5. The lowest BCUT2D eigenvalue weighted by molar-refractivity contribution is -0.114. The number of rotatable bonds is 3. The largest absolute Gasteiger partial charge is 0.281 e. The van der Waals surface area contributed by atoms with Crippen molar-refractivity contribution in [3.8, 4) is 0 Å². The fraction of sp³-hybridized carbons (Fsp3) is 0.0952. The molecule has 2 aromatic carbocycles. The maximum absolute atomic E-state index is 13.1. The Hall–Kier alpha value is -3.47. The lowest BCUT2D eigenvalue weighted by Gasteiger charge is -2.10. The molecule has 0 atom stereocenters. The summed E-state index contributed by atoms with van der Waals surface area (Å²) in [5.41, 5.74) is 4.61. The van der Waals surface area contributed by atoms with Gasteiger partial charge in [0.05, 0.1) is 17.0 Å². The van der Waals surface area contributed by atoms with E-state index in [1.807, 2.05) is 86.8 Å². The van der Waals surface area contributed by atoms with Crippen molar-refractivity contribution >= 4 is 23.4 Å². The maximum atomic E-state index is 13.1. The standard InChI is InChI=1S/C21H18N4O/c1-15-13-17(22-24(15)2)14-19-20(16-9-5-3-6-10-16)23-25(21(19)26)18-11-7-4-8-12-18/h3-14H,1-2H3. The van der Waals surface area contributed by atoms with Gasteiger partial charge in [0.2, 0.25) is 0 Å². The topological polar surface area (TPSA) is 50.5 Å². The quantitative estimate of drug-likeness (QED) is 0.683. The minimum atomic E-state index is -0.154. The van der Waals surface area contributed by atoms with Crippen LogP contribution in [0.3, 0.4) is 0 Å². The molecule has 1 aliphatic heterocycles. The number of aromatic nitrogens is 2. The van der Waals surface area contributed by atoms with Gasteiger partial charge in [-0.15, -0.1) is 0 Å². The number of benzene rings is 2. The maximum Gasteiger partial charge on any atom is 0.281 e. The van der Waals surface area contributed by atoms with Crippen LogP contribution in [0.1, 0.15) is 17.0 Å². The van der Waals surface area contributed by atoms with E-state index in [0.29, 0.717) is 11.3 Å². The first-order valence-electron chi connectivity index (χ1n) is 8.40. The molecular weight excluding hydrogens is 324 g/mol. The van der Waals surface area contributed by atoms with E-state index < -0.39 is 0 Å². The minimum absolute atomic E-state index is 0.154. The number of carbonyl (C=O) groups is 1. The minimum Gasteiger partial charge on any atom is -0.272 e. The summed E-state index contributed by atoms with van der Waals surface area (Å²) < 4.78 is 1.79. The molecule has 128 valence electrons. The van der Waals surface area contributed by atoms with Crippen LogP contribution >= 0.6 is 0 Å². The zero-order valence-electron chi connectivity index (χ0n) is 14.6. The molecule has 26 heavy (non-hydrogen) atoms. The van der Waals surface area contributed by atoms with Crippen LogP contribution < -0.4 is 5.01 Å². The van der Waals surface area contributed by atoms with Crippen molar-refractivity contribution in [1.29, 1.82) is 0 Å². The number of para-hydroxylation sites is 1. The molecule has 4 rings (SSSR count). The van der Waals surface area contributed by atoms with Crippen LogP contribution in [-0.2, 0) is 11.8 Å². The fourth-order valence-electron chi connectivity index (χ4n) is 2.90. The van der Waals surface area contributed by atoms with Gasteiger partial charge in [-0.25, -0.2) is 0 Å². The second kappa shape index (κ2) is 6.44. The number of hydrogen-bond donors (Lipinski definition) is 0. The SMILES string of the molecule is Cc1cc(C=C2C(=O)N(c3ccccc3)N=C2c2ccccc2)nn1C. The van der Waals surface area contributed by atoms with Crippen LogP contribution in [-0.4, -0.2) is 21.4 Å². The zero-order chi connectivity index (χ0) is 18.1. The molecule has 1 aliphatic rings. The molecular formula is C21H18N4O. The molecule has 0 bridgehead atoms. The Morgan fingerprint density at radius 3 is 2.23 bits per heavy atom. The molecule has 5 nitrogen and oxygen atoms in total. The van der Waals surface area contributed by atoms with Gasteiger partial charge in [-0.1, -0.05) is 48.5 Å². The number of aryl methyl sites for hydroxylation is 2. The van der Waals surface area contributed by atoms with Gasteiger partial charge < -0.3 is 0 Å². The highest BCUT2D eigenvalue weighted by molar-refractivity contribution is 6.37. The summed E-state index contributed by atoms with van der Waals surface area (Å²) >= 11 is 0. The van der Waals surface area contributed by atoms with Crippen molar-refractivity contribution in [2.45, 2.75) is 6.92 Å². The van der Waals surface area contributed by atoms with Gasteiger partial charge >= 0.3 is 0 Å². The van der Waals surface area contributed by atoms with Crippen LogP contribution in [0.2, 0.25) is 0 Å². The van der Waals surface area contributed by atoms with Crippen molar-refractivity contribution in [2.75, 3.05) is 5.01 Å². The average Bonchev–Trinajstić information content (AvgIpc) is 3.16. The third kappa shape index (κ3) is 2.84. The van der Waals surface area contributed by atoms with Crippen LogP contribution in [0.4, 0.5) is 5.69 Å². The van der Waals surface area contributed by atoms with Gasteiger partial charge in [0.15, 0.2) is 0 Å². The number of anilines is 1. The van der Waals surface area contributed by atoms with Crippen molar-refractivity contribution in [3.05, 3.63) is 89.3 Å². The van der Waals surface area contributed by atoms with Gasteiger partial charge in [-0.05, 0) is 31.2 Å². The van der Waals surface area contributed by atoms with E-state index in [9.17, 15) is 4.79 Å². The number of carbonyl (C=O) groups excluding carboxylic acids is 1. The van der Waals surface area contributed by atoms with Crippen molar-refractivity contribution in [1.82, 2.24) is 9.78 Å².